The highest BCUT2D eigenvalue weighted by molar-refractivity contribution is 7.86. The van der Waals surface area contributed by atoms with Gasteiger partial charge >= 0.3 is 0 Å². The molecule has 0 saturated carbocycles. The van der Waals surface area contributed by atoms with Gasteiger partial charge in [-0.2, -0.15) is 22.3 Å². The molecule has 1 fully saturated rings. The van der Waals surface area contributed by atoms with Crippen LogP contribution in [-0.2, 0) is 14.9 Å². The van der Waals surface area contributed by atoms with Crippen LogP contribution in [0, 0.1) is 11.3 Å². The Morgan fingerprint density at radius 1 is 1.47 bits per heavy atom. The summed E-state index contributed by atoms with van der Waals surface area (Å²) >= 11 is 0. The van der Waals surface area contributed by atoms with E-state index in [-0.39, 0.29) is 13.0 Å². The van der Waals surface area contributed by atoms with E-state index in [2.05, 4.69) is 0 Å². The first kappa shape index (κ1) is 12.4. The summed E-state index contributed by atoms with van der Waals surface area (Å²) in [5.41, 5.74) is 0. The number of rotatable bonds is 4. The summed E-state index contributed by atoms with van der Waals surface area (Å²) in [6.45, 7) is 1.88. The average Bonchev–Trinajstić information content (AvgIpc) is 2.27. The quantitative estimate of drug-likeness (QED) is 0.650. The molecule has 6 nitrogen and oxygen atoms in total. The van der Waals surface area contributed by atoms with E-state index in [9.17, 15) is 8.42 Å². The van der Waals surface area contributed by atoms with E-state index >= 15 is 0 Å². The Labute approximate surface area is 90.2 Å². The normalized spacial score (nSPS) is 19.0. The fraction of sp³-hybridized carbons (Fsp3) is 0.875. The third-order valence-electron chi connectivity index (χ3n) is 2.23. The van der Waals surface area contributed by atoms with Gasteiger partial charge in [0.2, 0.25) is 0 Å². The second-order valence-corrected chi connectivity index (χ2v) is 5.28. The number of hydrogen-bond acceptors (Lipinski definition) is 4. The molecule has 1 aliphatic heterocycles. The molecule has 15 heavy (non-hydrogen) atoms. The Morgan fingerprint density at radius 2 is 2.07 bits per heavy atom. The van der Waals surface area contributed by atoms with Crippen LogP contribution in [0.25, 0.3) is 0 Å². The molecule has 0 aliphatic carbocycles. The van der Waals surface area contributed by atoms with E-state index in [0.29, 0.717) is 26.3 Å². The van der Waals surface area contributed by atoms with Gasteiger partial charge < -0.3 is 4.74 Å². The lowest BCUT2D eigenvalue weighted by Gasteiger charge is -2.29. The third kappa shape index (κ3) is 3.14. The van der Waals surface area contributed by atoms with Crippen molar-refractivity contribution < 1.29 is 13.2 Å². The van der Waals surface area contributed by atoms with E-state index in [1.807, 2.05) is 6.07 Å². The van der Waals surface area contributed by atoms with Gasteiger partial charge in [-0.05, 0) is 0 Å². The van der Waals surface area contributed by atoms with Crippen molar-refractivity contribution in [2.75, 3.05) is 39.9 Å². The standard InChI is InChI=1S/C8H15N3O3S/c1-10(4-2-3-9)15(12,13)11-5-7-14-8-6-11/h2,4-8H2,1H3. The molecule has 1 rings (SSSR count). The lowest BCUT2D eigenvalue weighted by Crippen LogP contribution is -2.47. The highest BCUT2D eigenvalue weighted by atomic mass is 32.2. The maximum absolute atomic E-state index is 11.9. The van der Waals surface area contributed by atoms with E-state index < -0.39 is 10.2 Å². The summed E-state index contributed by atoms with van der Waals surface area (Å²) < 4.78 is 31.4. The molecular formula is C8H15N3O3S. The topological polar surface area (TPSA) is 73.6 Å². The van der Waals surface area contributed by atoms with E-state index in [0.717, 1.165) is 0 Å². The van der Waals surface area contributed by atoms with Gasteiger partial charge in [-0.25, -0.2) is 0 Å². The van der Waals surface area contributed by atoms with Crippen LogP contribution in [0.1, 0.15) is 6.42 Å². The number of nitrogens with zero attached hydrogens (tertiary/aromatic N) is 3. The van der Waals surface area contributed by atoms with Gasteiger partial charge in [0, 0.05) is 33.1 Å². The van der Waals surface area contributed by atoms with Crippen LogP contribution in [0.5, 0.6) is 0 Å². The van der Waals surface area contributed by atoms with Crippen LogP contribution < -0.4 is 0 Å². The van der Waals surface area contributed by atoms with Crippen LogP contribution in [0.4, 0.5) is 0 Å². The van der Waals surface area contributed by atoms with Crippen molar-refractivity contribution in [2.24, 2.45) is 0 Å². The molecule has 0 N–H and O–H groups in total. The molecule has 0 atom stereocenters. The van der Waals surface area contributed by atoms with E-state index in [1.54, 1.807) is 0 Å². The number of morpholine rings is 1. The predicted octanol–water partition coefficient (Wildman–Crippen LogP) is -0.591. The lowest BCUT2D eigenvalue weighted by molar-refractivity contribution is 0.0706. The van der Waals surface area contributed by atoms with Gasteiger partial charge in [-0.15, -0.1) is 0 Å². The summed E-state index contributed by atoms with van der Waals surface area (Å²) in [5.74, 6) is 0. The number of ether oxygens (including phenoxy) is 1. The fourth-order valence-corrected chi connectivity index (χ4v) is 2.62. The molecule has 0 aromatic heterocycles. The van der Waals surface area contributed by atoms with Crippen molar-refractivity contribution in [1.29, 1.82) is 5.26 Å². The highest BCUT2D eigenvalue weighted by Gasteiger charge is 2.27. The molecule has 1 saturated heterocycles. The van der Waals surface area contributed by atoms with Gasteiger partial charge in [0.05, 0.1) is 19.3 Å². The third-order valence-corrected chi connectivity index (χ3v) is 4.22. The van der Waals surface area contributed by atoms with Crippen LogP contribution in [0.15, 0.2) is 0 Å². The van der Waals surface area contributed by atoms with E-state index in [1.165, 1.54) is 15.7 Å². The molecule has 0 radical (unpaired) electrons. The summed E-state index contributed by atoms with van der Waals surface area (Å²) in [5, 5.41) is 8.39. The van der Waals surface area contributed by atoms with Crippen LogP contribution in [0.2, 0.25) is 0 Å². The average molecular weight is 233 g/mol. The Kier molecular flexibility index (Phi) is 4.47. The van der Waals surface area contributed by atoms with Crippen molar-refractivity contribution in [2.45, 2.75) is 6.42 Å². The van der Waals surface area contributed by atoms with Crippen molar-refractivity contribution >= 4 is 10.2 Å². The molecule has 0 unspecified atom stereocenters. The Morgan fingerprint density at radius 3 is 2.60 bits per heavy atom. The second-order valence-electron chi connectivity index (χ2n) is 3.25. The number of hydrogen-bond donors (Lipinski definition) is 0. The Bertz CT molecular complexity index is 330. The number of nitriles is 1. The van der Waals surface area contributed by atoms with Crippen molar-refractivity contribution in [3.8, 4) is 6.07 Å². The summed E-state index contributed by atoms with van der Waals surface area (Å²) in [4.78, 5) is 0. The Balaban J connectivity index is 2.60. The Hall–Kier alpha value is -0.680. The van der Waals surface area contributed by atoms with Gasteiger partial charge in [-0.1, -0.05) is 0 Å². The van der Waals surface area contributed by atoms with Gasteiger partial charge in [0.25, 0.3) is 10.2 Å². The van der Waals surface area contributed by atoms with Crippen molar-refractivity contribution in [1.82, 2.24) is 8.61 Å². The van der Waals surface area contributed by atoms with Crippen LogP contribution in [0.3, 0.4) is 0 Å². The van der Waals surface area contributed by atoms with Gasteiger partial charge in [-0.3, -0.25) is 0 Å². The van der Waals surface area contributed by atoms with Gasteiger partial charge in [0.15, 0.2) is 0 Å². The maximum atomic E-state index is 11.9. The van der Waals surface area contributed by atoms with Crippen molar-refractivity contribution in [3.05, 3.63) is 0 Å². The molecule has 86 valence electrons. The molecule has 0 aromatic rings. The van der Waals surface area contributed by atoms with E-state index in [4.69, 9.17) is 10.00 Å². The molecule has 1 heterocycles. The zero-order valence-electron chi connectivity index (χ0n) is 8.72. The molecular weight excluding hydrogens is 218 g/mol. The largest absolute Gasteiger partial charge is 0.379 e. The van der Waals surface area contributed by atoms with Crippen molar-refractivity contribution in [3.63, 3.8) is 0 Å². The minimum Gasteiger partial charge on any atom is -0.379 e. The first-order chi connectivity index (χ1) is 7.09. The van der Waals surface area contributed by atoms with Crippen LogP contribution >= 0.6 is 0 Å². The lowest BCUT2D eigenvalue weighted by atomic mass is 10.5. The summed E-state index contributed by atoms with van der Waals surface area (Å²) in [6, 6.07) is 1.92. The molecule has 1 aliphatic rings. The molecule has 0 amide bonds. The summed E-state index contributed by atoms with van der Waals surface area (Å²) in [7, 11) is -1.91. The zero-order chi connectivity index (χ0) is 11.3. The minimum atomic E-state index is -3.40. The first-order valence-electron chi connectivity index (χ1n) is 4.75. The summed E-state index contributed by atoms with van der Waals surface area (Å²) in [6.07, 6.45) is 0.208. The highest BCUT2D eigenvalue weighted by Crippen LogP contribution is 2.09. The van der Waals surface area contributed by atoms with Gasteiger partial charge in [0.1, 0.15) is 0 Å². The zero-order valence-corrected chi connectivity index (χ0v) is 9.53. The second kappa shape index (κ2) is 5.42. The SMILES string of the molecule is CN(CCC#N)S(=O)(=O)N1CCOCC1. The molecule has 0 bridgehead atoms. The minimum absolute atomic E-state index is 0.208. The monoisotopic (exact) mass is 233 g/mol. The molecule has 7 heteroatoms. The molecule has 0 aromatic carbocycles. The fourth-order valence-electron chi connectivity index (χ4n) is 1.30. The predicted molar refractivity (Wildman–Crippen MR) is 54.2 cm³/mol. The first-order valence-corrected chi connectivity index (χ1v) is 6.15. The maximum Gasteiger partial charge on any atom is 0.281 e. The molecule has 0 spiro atoms. The van der Waals surface area contributed by atoms with Crippen LogP contribution in [-0.4, -0.2) is 56.9 Å². The smallest absolute Gasteiger partial charge is 0.281 e.